The topological polar surface area (TPSA) is 104 Å². The van der Waals surface area contributed by atoms with Crippen LogP contribution in [0.4, 0.5) is 4.39 Å². The first kappa shape index (κ1) is 26.5. The number of aryl methyl sites for hydroxylation is 1. The zero-order chi connectivity index (χ0) is 25.4. The van der Waals surface area contributed by atoms with Gasteiger partial charge < -0.3 is 15.3 Å². The van der Waals surface area contributed by atoms with Crippen molar-refractivity contribution in [3.8, 4) is 0 Å². The van der Waals surface area contributed by atoms with Crippen molar-refractivity contribution in [2.24, 2.45) is 0 Å². The summed E-state index contributed by atoms with van der Waals surface area (Å²) in [6, 6.07) is 12.0. The molecule has 2 aromatic carbocycles. The molecule has 1 saturated heterocycles. The molecule has 35 heavy (non-hydrogen) atoms. The van der Waals surface area contributed by atoms with E-state index in [-0.39, 0.29) is 35.5 Å². The quantitative estimate of drug-likeness (QED) is 0.323. The van der Waals surface area contributed by atoms with Crippen LogP contribution in [-0.2, 0) is 32.6 Å². The maximum Gasteiger partial charge on any atom is 0.335 e. The Hall–Kier alpha value is -3.07. The van der Waals surface area contributed by atoms with Crippen molar-refractivity contribution >= 4 is 28.6 Å². The number of hydrogen-bond donors (Lipinski definition) is 2. The lowest BCUT2D eigenvalue weighted by Crippen LogP contribution is -2.64. The number of carboxylic acids is 1. The Morgan fingerprint density at radius 1 is 1.06 bits per heavy atom. The van der Waals surface area contributed by atoms with Crippen LogP contribution >= 0.6 is 0 Å². The van der Waals surface area contributed by atoms with E-state index in [9.17, 15) is 23.0 Å². The van der Waals surface area contributed by atoms with E-state index in [1.54, 1.807) is 31.2 Å². The number of amides is 2. The van der Waals surface area contributed by atoms with E-state index >= 15 is 0 Å². The predicted molar refractivity (Wildman–Crippen MR) is 132 cm³/mol. The highest BCUT2D eigenvalue weighted by Crippen LogP contribution is 2.22. The first-order valence-electron chi connectivity index (χ1n) is 11.8. The summed E-state index contributed by atoms with van der Waals surface area (Å²) >= 11 is 0. The number of likely N-dealkylation sites (tertiary alicyclic amines) is 1. The Kier molecular flexibility index (Phi) is 9.54. The Bertz CT molecular complexity index is 1060. The highest BCUT2D eigenvalue weighted by atomic mass is 32.2. The van der Waals surface area contributed by atoms with Gasteiger partial charge in [-0.1, -0.05) is 37.1 Å². The molecule has 0 saturated carbocycles. The number of nitrogens with zero attached hydrogens (tertiary/aromatic N) is 1. The summed E-state index contributed by atoms with van der Waals surface area (Å²) in [5, 5.41) is 11.2. The van der Waals surface area contributed by atoms with Gasteiger partial charge in [0.2, 0.25) is 11.8 Å². The average Bonchev–Trinajstić information content (AvgIpc) is 2.83. The van der Waals surface area contributed by atoms with Crippen LogP contribution in [0.1, 0.15) is 54.1 Å². The van der Waals surface area contributed by atoms with Crippen molar-refractivity contribution in [1.82, 2.24) is 10.2 Å². The number of carbonyl (C=O) groups excluding carboxylic acids is 2. The standard InChI is InChI=1S/C26H31FN2O5S/c1-18(24(30)28-15-5-3-2-4-6-19-9-13-22(27)14-10-19)29-16-23(25(29)31)35(34)17-20-7-11-21(12-8-20)26(32)33/h7-14,18,23H,2-6,15-17H2,1H3,(H,28,30)(H,32,33). The molecular formula is C26H31FN2O5S. The molecule has 1 aliphatic heterocycles. The zero-order valence-electron chi connectivity index (χ0n) is 19.7. The summed E-state index contributed by atoms with van der Waals surface area (Å²) in [6.45, 7) is 2.46. The van der Waals surface area contributed by atoms with Gasteiger partial charge in [0.15, 0.2) is 0 Å². The predicted octanol–water partition coefficient (Wildman–Crippen LogP) is 3.29. The highest BCUT2D eigenvalue weighted by molar-refractivity contribution is 7.85. The summed E-state index contributed by atoms with van der Waals surface area (Å²) in [4.78, 5) is 37.3. The molecule has 2 aromatic rings. The van der Waals surface area contributed by atoms with Gasteiger partial charge in [0.25, 0.3) is 0 Å². The molecule has 3 unspecified atom stereocenters. The first-order valence-corrected chi connectivity index (χ1v) is 13.2. The van der Waals surface area contributed by atoms with E-state index in [0.717, 1.165) is 37.7 Å². The molecule has 3 rings (SSSR count). The fraction of sp³-hybridized carbons (Fsp3) is 0.423. The normalized spacial score (nSPS) is 16.9. The summed E-state index contributed by atoms with van der Waals surface area (Å²) < 4.78 is 25.5. The van der Waals surface area contributed by atoms with Crippen molar-refractivity contribution in [2.75, 3.05) is 13.1 Å². The van der Waals surface area contributed by atoms with E-state index in [1.807, 2.05) is 0 Å². The van der Waals surface area contributed by atoms with Gasteiger partial charge in [-0.05, 0) is 61.6 Å². The minimum absolute atomic E-state index is 0.148. The third kappa shape index (κ3) is 7.45. The number of carbonyl (C=O) groups is 3. The van der Waals surface area contributed by atoms with E-state index in [2.05, 4.69) is 5.32 Å². The molecule has 0 radical (unpaired) electrons. The molecule has 2 amide bonds. The Labute approximate surface area is 207 Å². The summed E-state index contributed by atoms with van der Waals surface area (Å²) in [5.41, 5.74) is 1.96. The van der Waals surface area contributed by atoms with E-state index < -0.39 is 28.1 Å². The second kappa shape index (κ2) is 12.6. The SMILES string of the molecule is CC(C(=O)NCCCCCCc1ccc(F)cc1)N1CC(S(=O)Cc2ccc(C(=O)O)cc2)C1=O. The van der Waals surface area contributed by atoms with Gasteiger partial charge >= 0.3 is 5.97 Å². The first-order chi connectivity index (χ1) is 16.8. The number of hydrogen-bond acceptors (Lipinski definition) is 4. The largest absolute Gasteiger partial charge is 0.478 e. The molecule has 2 N–H and O–H groups in total. The van der Waals surface area contributed by atoms with Gasteiger partial charge in [-0.15, -0.1) is 0 Å². The van der Waals surface area contributed by atoms with Gasteiger partial charge in [-0.3, -0.25) is 13.8 Å². The van der Waals surface area contributed by atoms with Crippen LogP contribution in [0, 0.1) is 5.82 Å². The molecule has 1 aliphatic rings. The van der Waals surface area contributed by atoms with Crippen molar-refractivity contribution in [3.05, 3.63) is 71.0 Å². The van der Waals surface area contributed by atoms with Gasteiger partial charge in [0.05, 0.1) is 5.56 Å². The molecule has 0 aliphatic carbocycles. The summed E-state index contributed by atoms with van der Waals surface area (Å²) in [7, 11) is -1.44. The number of carboxylic acid groups (broad SMARTS) is 1. The third-order valence-corrected chi connectivity index (χ3v) is 7.80. The third-order valence-electron chi connectivity index (χ3n) is 6.20. The number of halogens is 1. The highest BCUT2D eigenvalue weighted by Gasteiger charge is 2.44. The Balaban J connectivity index is 1.31. The van der Waals surface area contributed by atoms with E-state index in [4.69, 9.17) is 5.11 Å². The lowest BCUT2D eigenvalue weighted by Gasteiger charge is -2.41. The van der Waals surface area contributed by atoms with Gasteiger partial charge in [-0.25, -0.2) is 9.18 Å². The second-order valence-corrected chi connectivity index (χ2v) is 10.4. The number of nitrogens with one attached hydrogen (secondary N) is 1. The number of unbranched alkanes of at least 4 members (excludes halogenated alkanes) is 3. The van der Waals surface area contributed by atoms with E-state index in [1.165, 1.54) is 29.2 Å². The molecule has 0 spiro atoms. The Morgan fingerprint density at radius 3 is 2.31 bits per heavy atom. The lowest BCUT2D eigenvalue weighted by molar-refractivity contribution is -0.147. The lowest BCUT2D eigenvalue weighted by atomic mass is 10.1. The molecule has 9 heteroatoms. The smallest absolute Gasteiger partial charge is 0.335 e. The number of β-lactam (4-membered cyclic amide) rings is 1. The van der Waals surface area contributed by atoms with Gasteiger partial charge in [0.1, 0.15) is 17.1 Å². The van der Waals surface area contributed by atoms with Crippen LogP contribution in [0.2, 0.25) is 0 Å². The number of benzene rings is 2. The van der Waals surface area contributed by atoms with Crippen LogP contribution in [0.25, 0.3) is 0 Å². The number of rotatable bonds is 13. The maximum absolute atomic E-state index is 12.9. The monoisotopic (exact) mass is 502 g/mol. The average molecular weight is 503 g/mol. The minimum Gasteiger partial charge on any atom is -0.478 e. The van der Waals surface area contributed by atoms with Crippen LogP contribution in [0.3, 0.4) is 0 Å². The van der Waals surface area contributed by atoms with Crippen molar-refractivity contribution < 1.29 is 28.1 Å². The van der Waals surface area contributed by atoms with Crippen LogP contribution in [0.15, 0.2) is 48.5 Å². The fourth-order valence-corrected chi connectivity index (χ4v) is 5.34. The van der Waals surface area contributed by atoms with Gasteiger partial charge in [-0.2, -0.15) is 0 Å². The summed E-state index contributed by atoms with van der Waals surface area (Å²) in [5.74, 6) is -1.62. The van der Waals surface area contributed by atoms with Crippen molar-refractivity contribution in [2.45, 2.75) is 56.1 Å². The maximum atomic E-state index is 12.9. The molecule has 3 atom stereocenters. The van der Waals surface area contributed by atoms with Crippen molar-refractivity contribution in [3.63, 3.8) is 0 Å². The fourth-order valence-electron chi connectivity index (χ4n) is 3.93. The number of aromatic carboxylic acids is 1. The minimum atomic E-state index is -1.44. The molecule has 1 fully saturated rings. The van der Waals surface area contributed by atoms with Gasteiger partial charge in [0, 0.05) is 29.6 Å². The zero-order valence-corrected chi connectivity index (χ0v) is 20.6. The van der Waals surface area contributed by atoms with E-state index in [0.29, 0.717) is 12.1 Å². The molecule has 188 valence electrons. The molecule has 0 bridgehead atoms. The summed E-state index contributed by atoms with van der Waals surface area (Å²) in [6.07, 6.45) is 4.72. The molecule has 1 heterocycles. The molecule has 0 aromatic heterocycles. The van der Waals surface area contributed by atoms with Crippen LogP contribution < -0.4 is 5.32 Å². The molecular weight excluding hydrogens is 471 g/mol. The van der Waals surface area contributed by atoms with Crippen LogP contribution in [-0.4, -0.2) is 56.4 Å². The second-order valence-electron chi connectivity index (χ2n) is 8.76. The molecule has 7 nitrogen and oxygen atoms in total. The van der Waals surface area contributed by atoms with Crippen molar-refractivity contribution in [1.29, 1.82) is 0 Å². The Morgan fingerprint density at radius 2 is 1.69 bits per heavy atom. The van der Waals surface area contributed by atoms with Crippen LogP contribution in [0.5, 0.6) is 0 Å².